The second-order valence-corrected chi connectivity index (χ2v) is 6.12. The Morgan fingerprint density at radius 1 is 1.08 bits per heavy atom. The van der Waals surface area contributed by atoms with Gasteiger partial charge >= 0.3 is 0 Å². The summed E-state index contributed by atoms with van der Waals surface area (Å²) in [5.74, 6) is 0.402. The van der Waals surface area contributed by atoms with Gasteiger partial charge in [-0.25, -0.2) is 9.07 Å². The quantitative estimate of drug-likeness (QED) is 0.693. The highest BCUT2D eigenvalue weighted by atomic mass is 19.1. The first-order valence-corrected chi connectivity index (χ1v) is 8.58. The molecule has 0 aliphatic carbocycles. The Bertz CT molecular complexity index is 669. The molecule has 1 aromatic carbocycles. The van der Waals surface area contributed by atoms with Gasteiger partial charge in [0.2, 0.25) is 0 Å². The molecule has 3 rings (SSSR count). The van der Waals surface area contributed by atoms with Crippen LogP contribution < -0.4 is 5.73 Å². The van der Waals surface area contributed by atoms with Gasteiger partial charge in [0.05, 0.1) is 11.4 Å². The monoisotopic (exact) mass is 329 g/mol. The smallest absolute Gasteiger partial charge is 0.191 e. The van der Waals surface area contributed by atoms with Gasteiger partial charge in [0.15, 0.2) is 5.96 Å². The highest BCUT2D eigenvalue weighted by Gasteiger charge is 2.10. The predicted molar refractivity (Wildman–Crippen MR) is 93.8 cm³/mol. The number of aliphatic imine (C=N–C) groups is 1. The van der Waals surface area contributed by atoms with Crippen LogP contribution in [0.2, 0.25) is 0 Å². The van der Waals surface area contributed by atoms with Crippen molar-refractivity contribution < 1.29 is 4.39 Å². The maximum atomic E-state index is 13.0. The Balaban J connectivity index is 1.55. The zero-order valence-corrected chi connectivity index (χ0v) is 13.9. The molecule has 1 aliphatic heterocycles. The van der Waals surface area contributed by atoms with Crippen molar-refractivity contribution in [3.05, 3.63) is 48.0 Å². The van der Waals surface area contributed by atoms with Crippen LogP contribution in [0.3, 0.4) is 0 Å². The third-order valence-electron chi connectivity index (χ3n) is 4.31. The van der Waals surface area contributed by atoms with Gasteiger partial charge in [-0.1, -0.05) is 12.8 Å². The molecule has 1 aromatic heterocycles. The summed E-state index contributed by atoms with van der Waals surface area (Å²) < 4.78 is 14.7. The summed E-state index contributed by atoms with van der Waals surface area (Å²) in [6, 6.07) is 8.25. The van der Waals surface area contributed by atoms with E-state index in [1.54, 1.807) is 16.8 Å². The number of hydrogen-bond acceptors (Lipinski definition) is 2. The first-order valence-electron chi connectivity index (χ1n) is 8.58. The van der Waals surface area contributed by atoms with E-state index in [4.69, 9.17) is 5.73 Å². The van der Waals surface area contributed by atoms with Crippen molar-refractivity contribution in [2.45, 2.75) is 32.1 Å². The third-order valence-corrected chi connectivity index (χ3v) is 4.31. The summed E-state index contributed by atoms with van der Waals surface area (Å²) in [6.07, 6.45) is 7.57. The molecule has 5 nitrogen and oxygen atoms in total. The lowest BCUT2D eigenvalue weighted by atomic mass is 10.2. The van der Waals surface area contributed by atoms with Crippen LogP contribution in [0.4, 0.5) is 4.39 Å². The van der Waals surface area contributed by atoms with Gasteiger partial charge in [0.25, 0.3) is 0 Å². The van der Waals surface area contributed by atoms with Crippen LogP contribution in [-0.2, 0) is 6.42 Å². The highest BCUT2D eigenvalue weighted by Crippen LogP contribution is 2.10. The van der Waals surface area contributed by atoms with E-state index in [2.05, 4.69) is 15.0 Å². The van der Waals surface area contributed by atoms with Crippen LogP contribution in [-0.4, -0.2) is 40.3 Å². The number of hydrogen-bond donors (Lipinski definition) is 1. The van der Waals surface area contributed by atoms with Crippen LogP contribution in [0.1, 0.15) is 31.4 Å². The predicted octanol–water partition coefficient (Wildman–Crippen LogP) is 2.74. The van der Waals surface area contributed by atoms with Crippen molar-refractivity contribution >= 4 is 5.96 Å². The number of aromatic nitrogens is 2. The van der Waals surface area contributed by atoms with E-state index in [1.807, 2.05) is 12.3 Å². The summed E-state index contributed by atoms with van der Waals surface area (Å²) in [7, 11) is 0. The second-order valence-electron chi connectivity index (χ2n) is 6.12. The van der Waals surface area contributed by atoms with Crippen molar-refractivity contribution in [3.8, 4) is 5.69 Å². The van der Waals surface area contributed by atoms with Gasteiger partial charge in [-0.15, -0.1) is 0 Å². The Hall–Kier alpha value is -2.37. The minimum Gasteiger partial charge on any atom is -0.370 e. The molecule has 1 fully saturated rings. The van der Waals surface area contributed by atoms with E-state index in [0.717, 1.165) is 30.9 Å². The molecule has 0 unspecified atom stereocenters. The number of rotatable bonds is 4. The van der Waals surface area contributed by atoms with Gasteiger partial charge in [-0.3, -0.25) is 4.99 Å². The van der Waals surface area contributed by atoms with E-state index >= 15 is 0 Å². The normalized spacial score (nSPS) is 16.2. The molecule has 128 valence electrons. The molecule has 24 heavy (non-hydrogen) atoms. The van der Waals surface area contributed by atoms with Crippen molar-refractivity contribution in [2.24, 2.45) is 10.7 Å². The van der Waals surface area contributed by atoms with Gasteiger partial charge < -0.3 is 10.6 Å². The summed E-state index contributed by atoms with van der Waals surface area (Å²) in [6.45, 7) is 2.64. The van der Waals surface area contributed by atoms with E-state index in [9.17, 15) is 4.39 Å². The first-order chi connectivity index (χ1) is 11.7. The van der Waals surface area contributed by atoms with E-state index in [0.29, 0.717) is 12.5 Å². The molecule has 0 spiro atoms. The van der Waals surface area contributed by atoms with Crippen molar-refractivity contribution in [1.82, 2.24) is 14.7 Å². The van der Waals surface area contributed by atoms with Crippen LogP contribution in [0.25, 0.3) is 5.69 Å². The van der Waals surface area contributed by atoms with Crippen LogP contribution in [0, 0.1) is 5.82 Å². The Kier molecular flexibility index (Phi) is 5.46. The fraction of sp³-hybridized carbons (Fsp3) is 0.444. The van der Waals surface area contributed by atoms with Gasteiger partial charge in [0, 0.05) is 32.3 Å². The van der Waals surface area contributed by atoms with E-state index in [-0.39, 0.29) is 5.82 Å². The van der Waals surface area contributed by atoms with Crippen molar-refractivity contribution in [2.75, 3.05) is 19.6 Å². The number of benzene rings is 1. The zero-order chi connectivity index (χ0) is 16.8. The maximum Gasteiger partial charge on any atom is 0.191 e. The lowest BCUT2D eigenvalue weighted by molar-refractivity contribution is 0.428. The molecule has 2 N–H and O–H groups in total. The molecule has 0 radical (unpaired) electrons. The average Bonchev–Trinajstić information content (AvgIpc) is 2.89. The Labute approximate surface area is 142 Å². The minimum absolute atomic E-state index is 0.246. The van der Waals surface area contributed by atoms with Gasteiger partial charge in [-0.2, -0.15) is 5.10 Å². The first kappa shape index (κ1) is 16.5. The minimum atomic E-state index is -0.246. The molecule has 1 aliphatic rings. The standard InChI is InChI=1S/C18H24FN5/c19-15-5-7-17(8-6-15)24-14-10-16(22-24)9-11-21-18(20)23-12-3-1-2-4-13-23/h5-8,10,14H,1-4,9,11-13H2,(H2,20,21). The van der Waals surface area contributed by atoms with Crippen LogP contribution in [0.15, 0.2) is 41.5 Å². The number of likely N-dealkylation sites (tertiary alicyclic amines) is 1. The third kappa shape index (κ3) is 4.34. The SMILES string of the molecule is NC(=NCCc1ccn(-c2ccc(F)cc2)n1)N1CCCCCC1. The maximum absolute atomic E-state index is 13.0. The van der Waals surface area contributed by atoms with Gasteiger partial charge in [0.1, 0.15) is 5.82 Å². The topological polar surface area (TPSA) is 59.4 Å². The summed E-state index contributed by atoms with van der Waals surface area (Å²) in [5, 5.41) is 4.51. The fourth-order valence-electron chi connectivity index (χ4n) is 2.92. The summed E-state index contributed by atoms with van der Waals surface area (Å²) in [4.78, 5) is 6.68. The highest BCUT2D eigenvalue weighted by molar-refractivity contribution is 5.78. The van der Waals surface area contributed by atoms with Crippen LogP contribution >= 0.6 is 0 Å². The van der Waals surface area contributed by atoms with Gasteiger partial charge in [-0.05, 0) is 43.2 Å². The second kappa shape index (κ2) is 7.95. The molecule has 2 heterocycles. The molecule has 2 aromatic rings. The molecular formula is C18H24FN5. The molecule has 0 saturated carbocycles. The lowest BCUT2D eigenvalue weighted by Gasteiger charge is -2.20. The number of halogens is 1. The number of nitrogens with zero attached hydrogens (tertiary/aromatic N) is 4. The number of nitrogens with two attached hydrogens (primary N) is 1. The van der Waals surface area contributed by atoms with Crippen molar-refractivity contribution in [1.29, 1.82) is 0 Å². The Morgan fingerprint density at radius 2 is 1.79 bits per heavy atom. The molecule has 0 atom stereocenters. The fourth-order valence-corrected chi connectivity index (χ4v) is 2.92. The van der Waals surface area contributed by atoms with Crippen molar-refractivity contribution in [3.63, 3.8) is 0 Å². The van der Waals surface area contributed by atoms with Crippen LogP contribution in [0.5, 0.6) is 0 Å². The zero-order valence-electron chi connectivity index (χ0n) is 13.9. The lowest BCUT2D eigenvalue weighted by Crippen LogP contribution is -2.38. The van der Waals surface area contributed by atoms with E-state index in [1.165, 1.54) is 37.8 Å². The molecule has 0 bridgehead atoms. The largest absolute Gasteiger partial charge is 0.370 e. The average molecular weight is 329 g/mol. The van der Waals surface area contributed by atoms with E-state index < -0.39 is 0 Å². The molecule has 1 saturated heterocycles. The molecule has 6 heteroatoms. The molecule has 0 amide bonds. The molecular weight excluding hydrogens is 305 g/mol. The summed E-state index contributed by atoms with van der Waals surface area (Å²) >= 11 is 0. The number of guanidine groups is 1. The summed E-state index contributed by atoms with van der Waals surface area (Å²) in [5.41, 5.74) is 7.90. The Morgan fingerprint density at radius 3 is 2.50 bits per heavy atom.